The third-order valence-electron chi connectivity index (χ3n) is 8.83. The summed E-state index contributed by atoms with van der Waals surface area (Å²) >= 11 is 0. The molecule has 0 atom stereocenters. The van der Waals surface area contributed by atoms with Crippen LogP contribution in [0.4, 0.5) is 17.1 Å². The van der Waals surface area contributed by atoms with Gasteiger partial charge in [-0.05, 0) is 92.0 Å². The van der Waals surface area contributed by atoms with E-state index in [1.165, 1.54) is 43.4 Å². The van der Waals surface area contributed by atoms with Crippen molar-refractivity contribution in [1.29, 1.82) is 0 Å². The lowest BCUT2D eigenvalue weighted by Gasteiger charge is -2.26. The molecule has 0 radical (unpaired) electrons. The Labute approximate surface area is 255 Å². The molecule has 0 saturated heterocycles. The van der Waals surface area contributed by atoms with Crippen molar-refractivity contribution in [3.8, 4) is 11.1 Å². The van der Waals surface area contributed by atoms with Crippen molar-refractivity contribution < 1.29 is 4.42 Å². The molecule has 206 valence electrons. The van der Waals surface area contributed by atoms with Gasteiger partial charge in [0, 0.05) is 27.8 Å². The Morgan fingerprint density at radius 2 is 0.886 bits per heavy atom. The minimum Gasteiger partial charge on any atom is -0.456 e. The van der Waals surface area contributed by atoms with Gasteiger partial charge in [0.2, 0.25) is 0 Å². The van der Waals surface area contributed by atoms with Gasteiger partial charge < -0.3 is 9.32 Å². The van der Waals surface area contributed by atoms with E-state index in [0.29, 0.717) is 0 Å². The van der Waals surface area contributed by atoms with Crippen LogP contribution >= 0.6 is 0 Å². The molecule has 0 amide bonds. The molecule has 0 N–H and O–H groups in total. The van der Waals surface area contributed by atoms with Crippen LogP contribution < -0.4 is 4.90 Å². The van der Waals surface area contributed by atoms with Gasteiger partial charge in [0.1, 0.15) is 11.2 Å². The molecule has 9 aromatic rings. The van der Waals surface area contributed by atoms with E-state index in [1.807, 2.05) is 12.1 Å². The molecular formula is C42H27NO. The Hall–Kier alpha value is -5.86. The van der Waals surface area contributed by atoms with Gasteiger partial charge in [-0.1, -0.05) is 115 Å². The number of para-hydroxylation sites is 1. The smallest absolute Gasteiger partial charge is 0.135 e. The molecule has 0 aliphatic rings. The Balaban J connectivity index is 1.24. The number of furan rings is 1. The summed E-state index contributed by atoms with van der Waals surface area (Å²) in [6.45, 7) is 0. The van der Waals surface area contributed by atoms with E-state index in [4.69, 9.17) is 4.42 Å². The van der Waals surface area contributed by atoms with Gasteiger partial charge in [-0.25, -0.2) is 0 Å². The lowest BCUT2D eigenvalue weighted by atomic mass is 9.98. The molecule has 8 aromatic carbocycles. The van der Waals surface area contributed by atoms with Gasteiger partial charge in [0.25, 0.3) is 0 Å². The van der Waals surface area contributed by atoms with Gasteiger partial charge in [-0.2, -0.15) is 0 Å². The molecular weight excluding hydrogens is 534 g/mol. The molecule has 9 rings (SSSR count). The molecule has 0 saturated carbocycles. The highest BCUT2D eigenvalue weighted by atomic mass is 16.3. The molecule has 44 heavy (non-hydrogen) atoms. The van der Waals surface area contributed by atoms with Crippen molar-refractivity contribution in [2.45, 2.75) is 0 Å². The fourth-order valence-electron chi connectivity index (χ4n) is 6.70. The molecule has 0 spiro atoms. The van der Waals surface area contributed by atoms with Crippen LogP contribution in [0.15, 0.2) is 168 Å². The third kappa shape index (κ3) is 3.96. The summed E-state index contributed by atoms with van der Waals surface area (Å²) in [5.74, 6) is 0. The number of hydrogen-bond acceptors (Lipinski definition) is 2. The van der Waals surface area contributed by atoms with Crippen molar-refractivity contribution in [1.82, 2.24) is 0 Å². The van der Waals surface area contributed by atoms with E-state index in [9.17, 15) is 0 Å². The van der Waals surface area contributed by atoms with Crippen LogP contribution in [0.25, 0.3) is 65.4 Å². The van der Waals surface area contributed by atoms with Crippen LogP contribution in [0.5, 0.6) is 0 Å². The summed E-state index contributed by atoms with van der Waals surface area (Å²) in [4.78, 5) is 2.36. The Morgan fingerprint density at radius 3 is 1.70 bits per heavy atom. The Kier molecular flexibility index (Phi) is 5.54. The first-order chi connectivity index (χ1) is 21.8. The highest BCUT2D eigenvalue weighted by molar-refractivity contribution is 6.10. The van der Waals surface area contributed by atoms with E-state index in [-0.39, 0.29) is 0 Å². The summed E-state index contributed by atoms with van der Waals surface area (Å²) in [7, 11) is 0. The fraction of sp³-hybridized carbons (Fsp3) is 0. The Morgan fingerprint density at radius 1 is 0.341 bits per heavy atom. The zero-order valence-corrected chi connectivity index (χ0v) is 23.9. The number of anilines is 3. The van der Waals surface area contributed by atoms with E-state index in [0.717, 1.165) is 39.0 Å². The largest absolute Gasteiger partial charge is 0.456 e. The third-order valence-corrected chi connectivity index (χ3v) is 8.83. The maximum Gasteiger partial charge on any atom is 0.135 e. The van der Waals surface area contributed by atoms with Crippen LogP contribution in [-0.4, -0.2) is 0 Å². The highest BCUT2D eigenvalue weighted by Gasteiger charge is 2.17. The number of hydrogen-bond donors (Lipinski definition) is 0. The predicted octanol–water partition coefficient (Wildman–Crippen LogP) is 12.2. The molecule has 0 aliphatic carbocycles. The zero-order chi connectivity index (χ0) is 29.0. The number of rotatable bonds is 4. The number of nitrogens with zero attached hydrogens (tertiary/aromatic N) is 1. The molecule has 2 heteroatoms. The molecule has 1 aromatic heterocycles. The maximum absolute atomic E-state index is 6.19. The lowest BCUT2D eigenvalue weighted by molar-refractivity contribution is 0.669. The summed E-state index contributed by atoms with van der Waals surface area (Å²) in [6.07, 6.45) is 0. The highest BCUT2D eigenvalue weighted by Crippen LogP contribution is 2.41. The average molecular weight is 562 g/mol. The second-order valence-corrected chi connectivity index (χ2v) is 11.4. The SMILES string of the molecule is c1ccc2c(-c3ccc(N(c4ccc5ccc6ccccc6c5c4)c4ccc5oc6ccccc6c5c4)cc3)cccc2c1. The lowest BCUT2D eigenvalue weighted by Crippen LogP contribution is -2.09. The minimum atomic E-state index is 0.894. The van der Waals surface area contributed by atoms with Crippen LogP contribution in [0.2, 0.25) is 0 Å². The van der Waals surface area contributed by atoms with Crippen LogP contribution in [0.3, 0.4) is 0 Å². The fourth-order valence-corrected chi connectivity index (χ4v) is 6.70. The Bertz CT molecular complexity index is 2500. The van der Waals surface area contributed by atoms with Crippen LogP contribution in [-0.2, 0) is 0 Å². The molecule has 1 heterocycles. The molecule has 2 nitrogen and oxygen atoms in total. The van der Waals surface area contributed by atoms with Crippen LogP contribution in [0, 0.1) is 0 Å². The quantitative estimate of drug-likeness (QED) is 0.199. The van der Waals surface area contributed by atoms with E-state index >= 15 is 0 Å². The van der Waals surface area contributed by atoms with Gasteiger partial charge in [0.05, 0.1) is 0 Å². The van der Waals surface area contributed by atoms with Crippen molar-refractivity contribution in [2.24, 2.45) is 0 Å². The second kappa shape index (κ2) is 9.86. The summed E-state index contributed by atoms with van der Waals surface area (Å²) in [5, 5.41) is 9.73. The normalized spacial score (nSPS) is 11.6. The molecule has 0 unspecified atom stereocenters. The zero-order valence-electron chi connectivity index (χ0n) is 23.9. The van der Waals surface area contributed by atoms with Crippen molar-refractivity contribution >= 4 is 71.3 Å². The molecule has 0 bridgehead atoms. The van der Waals surface area contributed by atoms with Crippen LogP contribution in [0.1, 0.15) is 0 Å². The first-order valence-corrected chi connectivity index (χ1v) is 15.0. The van der Waals surface area contributed by atoms with Crippen molar-refractivity contribution in [2.75, 3.05) is 4.90 Å². The first-order valence-electron chi connectivity index (χ1n) is 15.0. The van der Waals surface area contributed by atoms with E-state index in [1.54, 1.807) is 0 Å². The van der Waals surface area contributed by atoms with E-state index < -0.39 is 0 Å². The molecule has 0 aliphatic heterocycles. The standard InChI is InChI=1S/C42H27NO/c1-3-11-35-28(8-1)10-7-14-36(35)30-18-21-32(22-19-30)43(34-24-25-42-40(27-34)38-13-5-6-15-41(38)44-42)33-23-20-31-17-16-29-9-2-4-12-37(29)39(31)26-33/h1-27H. The van der Waals surface area contributed by atoms with Crippen molar-refractivity contribution in [3.05, 3.63) is 164 Å². The molecule has 0 fully saturated rings. The second-order valence-electron chi connectivity index (χ2n) is 11.4. The van der Waals surface area contributed by atoms with Gasteiger partial charge >= 0.3 is 0 Å². The first kappa shape index (κ1) is 24.7. The number of benzene rings is 8. The summed E-state index contributed by atoms with van der Waals surface area (Å²) < 4.78 is 6.19. The maximum atomic E-state index is 6.19. The van der Waals surface area contributed by atoms with Crippen molar-refractivity contribution in [3.63, 3.8) is 0 Å². The topological polar surface area (TPSA) is 16.4 Å². The summed E-state index contributed by atoms with van der Waals surface area (Å²) in [5.41, 5.74) is 7.53. The van der Waals surface area contributed by atoms with E-state index in [2.05, 4.69) is 157 Å². The van der Waals surface area contributed by atoms with Gasteiger partial charge in [0.15, 0.2) is 0 Å². The monoisotopic (exact) mass is 561 g/mol. The van der Waals surface area contributed by atoms with Gasteiger partial charge in [-0.3, -0.25) is 0 Å². The van der Waals surface area contributed by atoms with Gasteiger partial charge in [-0.15, -0.1) is 0 Å². The summed E-state index contributed by atoms with van der Waals surface area (Å²) in [6, 6.07) is 58.7. The predicted molar refractivity (Wildman–Crippen MR) is 186 cm³/mol. The number of fused-ring (bicyclic) bond motifs is 7. The average Bonchev–Trinajstić information content (AvgIpc) is 3.46. The minimum absolute atomic E-state index is 0.894.